The standard InChI is InChI=1S/C18H26FN3O4S/c1-13(2)4-7-17(23)21-8-10-22(11-9-21)18(24)15-12-14(5-6-16(15)19)27(25,26)20-3/h5-6,12-13,20H,4,7-11H2,1-3H3. The molecule has 0 radical (unpaired) electrons. The molecule has 1 saturated heterocycles. The normalized spacial score (nSPS) is 15.3. The second kappa shape index (κ2) is 8.79. The van der Waals surface area contributed by atoms with Crippen molar-refractivity contribution in [2.75, 3.05) is 33.2 Å². The van der Waals surface area contributed by atoms with E-state index in [4.69, 9.17) is 0 Å². The molecule has 0 aliphatic carbocycles. The van der Waals surface area contributed by atoms with Crippen molar-refractivity contribution in [3.05, 3.63) is 29.6 Å². The monoisotopic (exact) mass is 399 g/mol. The van der Waals surface area contributed by atoms with Gasteiger partial charge in [0.05, 0.1) is 10.5 Å². The molecule has 1 N–H and O–H groups in total. The highest BCUT2D eigenvalue weighted by atomic mass is 32.2. The third kappa shape index (κ3) is 5.26. The van der Waals surface area contributed by atoms with Gasteiger partial charge in [-0.3, -0.25) is 9.59 Å². The number of piperazine rings is 1. The van der Waals surface area contributed by atoms with Crippen molar-refractivity contribution in [2.24, 2.45) is 5.92 Å². The van der Waals surface area contributed by atoms with Crippen LogP contribution in [0.1, 0.15) is 37.0 Å². The van der Waals surface area contributed by atoms with E-state index in [0.29, 0.717) is 25.4 Å². The van der Waals surface area contributed by atoms with Crippen LogP contribution in [0.15, 0.2) is 23.1 Å². The number of amides is 2. The summed E-state index contributed by atoms with van der Waals surface area (Å²) in [5.74, 6) is -0.842. The maximum Gasteiger partial charge on any atom is 0.256 e. The van der Waals surface area contributed by atoms with Gasteiger partial charge in [0.25, 0.3) is 5.91 Å². The first kappa shape index (κ1) is 21.3. The van der Waals surface area contributed by atoms with Crippen LogP contribution < -0.4 is 4.72 Å². The maximum atomic E-state index is 14.1. The van der Waals surface area contributed by atoms with Gasteiger partial charge >= 0.3 is 0 Å². The number of nitrogens with one attached hydrogen (secondary N) is 1. The number of sulfonamides is 1. The van der Waals surface area contributed by atoms with E-state index >= 15 is 0 Å². The van der Waals surface area contributed by atoms with Crippen LogP contribution in [0.3, 0.4) is 0 Å². The maximum absolute atomic E-state index is 14.1. The van der Waals surface area contributed by atoms with Crippen LogP contribution in [0.2, 0.25) is 0 Å². The molecule has 0 unspecified atom stereocenters. The smallest absolute Gasteiger partial charge is 0.256 e. The number of halogens is 1. The highest BCUT2D eigenvalue weighted by Gasteiger charge is 2.27. The molecule has 0 atom stereocenters. The fourth-order valence-electron chi connectivity index (χ4n) is 2.85. The predicted molar refractivity (Wildman–Crippen MR) is 99.2 cm³/mol. The second-order valence-corrected chi connectivity index (χ2v) is 8.84. The Morgan fingerprint density at radius 3 is 2.30 bits per heavy atom. The van der Waals surface area contributed by atoms with Crippen LogP contribution in [0.4, 0.5) is 4.39 Å². The van der Waals surface area contributed by atoms with Crippen molar-refractivity contribution < 1.29 is 22.4 Å². The molecule has 2 rings (SSSR count). The van der Waals surface area contributed by atoms with Gasteiger partial charge in [-0.05, 0) is 37.6 Å². The summed E-state index contributed by atoms with van der Waals surface area (Å²) in [6.07, 6.45) is 1.29. The number of hydrogen-bond acceptors (Lipinski definition) is 4. The van der Waals surface area contributed by atoms with Crippen molar-refractivity contribution in [1.82, 2.24) is 14.5 Å². The van der Waals surface area contributed by atoms with Crippen molar-refractivity contribution in [3.8, 4) is 0 Å². The minimum Gasteiger partial charge on any atom is -0.339 e. The molecule has 0 saturated carbocycles. The lowest BCUT2D eigenvalue weighted by Crippen LogP contribution is -2.50. The van der Waals surface area contributed by atoms with Crippen LogP contribution >= 0.6 is 0 Å². The summed E-state index contributed by atoms with van der Waals surface area (Å²) >= 11 is 0. The molecule has 0 spiro atoms. The molecule has 1 aliphatic rings. The zero-order chi connectivity index (χ0) is 20.2. The molecule has 1 aliphatic heterocycles. The van der Waals surface area contributed by atoms with Crippen LogP contribution in [-0.2, 0) is 14.8 Å². The number of nitrogens with zero attached hydrogens (tertiary/aromatic N) is 2. The molecular formula is C18H26FN3O4S. The summed E-state index contributed by atoms with van der Waals surface area (Å²) in [5, 5.41) is 0. The molecule has 27 heavy (non-hydrogen) atoms. The van der Waals surface area contributed by atoms with Crippen LogP contribution in [0.5, 0.6) is 0 Å². The first-order valence-electron chi connectivity index (χ1n) is 8.96. The average Bonchev–Trinajstić information content (AvgIpc) is 2.65. The SMILES string of the molecule is CNS(=O)(=O)c1ccc(F)c(C(=O)N2CCN(C(=O)CCC(C)C)CC2)c1. The average molecular weight is 399 g/mol. The van der Waals surface area contributed by atoms with E-state index in [0.717, 1.165) is 24.6 Å². The zero-order valence-electron chi connectivity index (χ0n) is 15.9. The van der Waals surface area contributed by atoms with Gasteiger partial charge < -0.3 is 9.80 Å². The Bertz CT molecular complexity index is 803. The fourth-order valence-corrected chi connectivity index (χ4v) is 3.61. The number of carbonyl (C=O) groups is 2. The third-order valence-corrected chi connectivity index (χ3v) is 6.01. The van der Waals surface area contributed by atoms with E-state index in [1.165, 1.54) is 11.9 Å². The molecule has 1 fully saturated rings. The number of carbonyl (C=O) groups excluding carboxylic acids is 2. The number of benzene rings is 1. The minimum atomic E-state index is -3.78. The highest BCUT2D eigenvalue weighted by Crippen LogP contribution is 2.18. The van der Waals surface area contributed by atoms with Gasteiger partial charge in [-0.15, -0.1) is 0 Å². The Morgan fingerprint density at radius 1 is 1.15 bits per heavy atom. The van der Waals surface area contributed by atoms with E-state index in [2.05, 4.69) is 18.6 Å². The van der Waals surface area contributed by atoms with Gasteiger partial charge in [0.1, 0.15) is 5.82 Å². The zero-order valence-corrected chi connectivity index (χ0v) is 16.7. The highest BCUT2D eigenvalue weighted by molar-refractivity contribution is 7.89. The van der Waals surface area contributed by atoms with Crippen molar-refractivity contribution in [3.63, 3.8) is 0 Å². The van der Waals surface area contributed by atoms with Crippen LogP contribution in [0, 0.1) is 11.7 Å². The van der Waals surface area contributed by atoms with E-state index in [-0.39, 0.29) is 29.5 Å². The molecule has 7 nitrogen and oxygen atoms in total. The first-order chi connectivity index (χ1) is 12.7. The number of rotatable bonds is 6. The quantitative estimate of drug-likeness (QED) is 0.785. The largest absolute Gasteiger partial charge is 0.339 e. The van der Waals surface area contributed by atoms with Gasteiger partial charge in [-0.1, -0.05) is 13.8 Å². The molecule has 2 amide bonds. The molecule has 0 aromatic heterocycles. The van der Waals surface area contributed by atoms with E-state index in [9.17, 15) is 22.4 Å². The molecule has 9 heteroatoms. The lowest BCUT2D eigenvalue weighted by atomic mass is 10.1. The van der Waals surface area contributed by atoms with Crippen molar-refractivity contribution in [1.29, 1.82) is 0 Å². The molecule has 1 aromatic rings. The molecule has 1 heterocycles. The molecule has 1 aromatic carbocycles. The van der Waals surface area contributed by atoms with E-state index < -0.39 is 21.7 Å². The Labute approximate surface area is 159 Å². The van der Waals surface area contributed by atoms with Crippen LogP contribution in [-0.4, -0.2) is 63.3 Å². The Morgan fingerprint density at radius 2 is 1.74 bits per heavy atom. The van der Waals surface area contributed by atoms with Gasteiger partial charge in [0.15, 0.2) is 0 Å². The molecular weight excluding hydrogens is 373 g/mol. The van der Waals surface area contributed by atoms with Crippen LogP contribution in [0.25, 0.3) is 0 Å². The summed E-state index contributed by atoms with van der Waals surface area (Å²) in [7, 11) is -2.53. The molecule has 150 valence electrons. The number of hydrogen-bond donors (Lipinski definition) is 1. The van der Waals surface area contributed by atoms with Gasteiger partial charge in [-0.2, -0.15) is 0 Å². The van der Waals surface area contributed by atoms with Crippen molar-refractivity contribution >= 4 is 21.8 Å². The second-order valence-electron chi connectivity index (χ2n) is 6.95. The lowest BCUT2D eigenvalue weighted by Gasteiger charge is -2.35. The summed E-state index contributed by atoms with van der Waals surface area (Å²) in [4.78, 5) is 27.8. The minimum absolute atomic E-state index is 0.0593. The Kier molecular flexibility index (Phi) is 6.94. The van der Waals surface area contributed by atoms with E-state index in [1.807, 2.05) is 0 Å². The fraction of sp³-hybridized carbons (Fsp3) is 0.556. The Hall–Kier alpha value is -2.00. The van der Waals surface area contributed by atoms with Gasteiger partial charge in [0, 0.05) is 32.6 Å². The predicted octanol–water partition coefficient (Wildman–Crippen LogP) is 1.45. The van der Waals surface area contributed by atoms with Gasteiger partial charge in [0.2, 0.25) is 15.9 Å². The lowest BCUT2D eigenvalue weighted by molar-refractivity contribution is -0.132. The topological polar surface area (TPSA) is 86.8 Å². The van der Waals surface area contributed by atoms with Crippen molar-refractivity contribution in [2.45, 2.75) is 31.6 Å². The summed E-state index contributed by atoms with van der Waals surface area (Å²) in [6, 6.07) is 3.14. The third-order valence-electron chi connectivity index (χ3n) is 4.60. The first-order valence-corrected chi connectivity index (χ1v) is 10.4. The van der Waals surface area contributed by atoms with Gasteiger partial charge in [-0.25, -0.2) is 17.5 Å². The Balaban J connectivity index is 2.06. The molecule has 0 bridgehead atoms. The summed E-state index contributed by atoms with van der Waals surface area (Å²) in [5.41, 5.74) is -0.286. The summed E-state index contributed by atoms with van der Waals surface area (Å²) < 4.78 is 40.0. The summed E-state index contributed by atoms with van der Waals surface area (Å²) in [6.45, 7) is 5.46. The van der Waals surface area contributed by atoms with E-state index in [1.54, 1.807) is 4.90 Å².